The highest BCUT2D eigenvalue weighted by molar-refractivity contribution is 5.76. The number of amides is 1. The zero-order valence-corrected chi connectivity index (χ0v) is 13.5. The molecule has 1 atom stereocenters. The van der Waals surface area contributed by atoms with Gasteiger partial charge in [-0.25, -0.2) is 13.8 Å². The number of halogens is 2. The molecule has 134 valence electrons. The van der Waals surface area contributed by atoms with E-state index in [-0.39, 0.29) is 42.1 Å². The van der Waals surface area contributed by atoms with E-state index in [9.17, 15) is 13.6 Å². The Hall–Kier alpha value is -2.32. The van der Waals surface area contributed by atoms with Crippen LogP contribution >= 0.6 is 0 Å². The van der Waals surface area contributed by atoms with Gasteiger partial charge in [-0.3, -0.25) is 4.79 Å². The van der Waals surface area contributed by atoms with E-state index in [1.165, 1.54) is 12.3 Å². The van der Waals surface area contributed by atoms with Gasteiger partial charge in [0.15, 0.2) is 11.7 Å². The molecule has 1 aliphatic rings. The smallest absolute Gasteiger partial charge is 0.220 e. The number of benzene rings is 1. The lowest BCUT2D eigenvalue weighted by Crippen LogP contribution is -2.39. The molecular weight excluding hydrogens is 334 g/mol. The van der Waals surface area contributed by atoms with Crippen molar-refractivity contribution in [2.75, 3.05) is 26.4 Å². The molecule has 0 aliphatic carbocycles. The van der Waals surface area contributed by atoms with Crippen LogP contribution in [0.25, 0.3) is 11.3 Å². The van der Waals surface area contributed by atoms with Crippen LogP contribution in [0.2, 0.25) is 0 Å². The van der Waals surface area contributed by atoms with E-state index in [1.54, 1.807) is 0 Å². The molecular formula is C17H18F2N2O4. The number of carbonyl (C=O) groups is 1. The molecule has 1 aromatic heterocycles. The van der Waals surface area contributed by atoms with E-state index in [4.69, 9.17) is 13.9 Å². The summed E-state index contributed by atoms with van der Waals surface area (Å²) < 4.78 is 43.5. The Labute approximate surface area is 143 Å². The zero-order valence-electron chi connectivity index (χ0n) is 13.5. The Kier molecular flexibility index (Phi) is 5.72. The molecule has 2 heterocycles. The minimum atomic E-state index is -0.727. The summed E-state index contributed by atoms with van der Waals surface area (Å²) >= 11 is 0. The van der Waals surface area contributed by atoms with Crippen LogP contribution in [0.3, 0.4) is 0 Å². The van der Waals surface area contributed by atoms with Gasteiger partial charge in [-0.05, 0) is 12.1 Å². The second kappa shape index (κ2) is 8.17. The van der Waals surface area contributed by atoms with Crippen molar-refractivity contribution < 1.29 is 27.5 Å². The molecule has 0 bridgehead atoms. The average Bonchev–Trinajstić information content (AvgIpc) is 3.07. The standard InChI is InChI=1S/C17H18F2N2O4/c18-12-2-1-3-13(19)17(12)14-9-21-16(25-14)5-4-15(22)20-8-11-10-23-6-7-24-11/h1-3,9,11H,4-8,10H2,(H,20,22)/t11-/m1/s1. The molecule has 3 rings (SSSR count). The van der Waals surface area contributed by atoms with Gasteiger partial charge >= 0.3 is 0 Å². The third-order valence-electron chi connectivity index (χ3n) is 3.74. The van der Waals surface area contributed by atoms with Gasteiger partial charge in [0.05, 0.1) is 37.7 Å². The first kappa shape index (κ1) is 17.5. The zero-order chi connectivity index (χ0) is 17.6. The van der Waals surface area contributed by atoms with E-state index in [0.29, 0.717) is 26.4 Å². The predicted octanol–water partition coefficient (Wildman–Crippen LogP) is 2.08. The molecule has 2 aromatic rings. The summed E-state index contributed by atoms with van der Waals surface area (Å²) in [6.45, 7) is 1.92. The van der Waals surface area contributed by atoms with Crippen LogP contribution in [-0.2, 0) is 20.7 Å². The van der Waals surface area contributed by atoms with Crippen LogP contribution in [0.5, 0.6) is 0 Å². The first-order valence-corrected chi connectivity index (χ1v) is 7.98. The van der Waals surface area contributed by atoms with E-state index in [1.807, 2.05) is 0 Å². The third kappa shape index (κ3) is 4.61. The predicted molar refractivity (Wildman–Crippen MR) is 83.7 cm³/mol. The van der Waals surface area contributed by atoms with E-state index in [0.717, 1.165) is 12.1 Å². The average molecular weight is 352 g/mol. The Morgan fingerprint density at radius 1 is 1.28 bits per heavy atom. The maximum atomic E-state index is 13.7. The number of carbonyl (C=O) groups excluding carboxylic acids is 1. The fourth-order valence-corrected chi connectivity index (χ4v) is 2.47. The van der Waals surface area contributed by atoms with Crippen molar-refractivity contribution in [1.82, 2.24) is 10.3 Å². The molecule has 8 heteroatoms. The van der Waals surface area contributed by atoms with Crippen LogP contribution in [0.15, 0.2) is 28.8 Å². The maximum Gasteiger partial charge on any atom is 0.220 e. The third-order valence-corrected chi connectivity index (χ3v) is 3.74. The highest BCUT2D eigenvalue weighted by atomic mass is 19.1. The van der Waals surface area contributed by atoms with Gasteiger partial charge in [-0.15, -0.1) is 0 Å². The number of rotatable bonds is 6. The summed E-state index contributed by atoms with van der Waals surface area (Å²) in [6.07, 6.45) is 1.48. The summed E-state index contributed by atoms with van der Waals surface area (Å²) in [6, 6.07) is 3.56. The second-order valence-corrected chi connectivity index (χ2v) is 5.59. The van der Waals surface area contributed by atoms with E-state index in [2.05, 4.69) is 10.3 Å². The van der Waals surface area contributed by atoms with Gasteiger partial charge in [0.25, 0.3) is 0 Å². The first-order chi connectivity index (χ1) is 12.1. The van der Waals surface area contributed by atoms with Crippen molar-refractivity contribution in [3.05, 3.63) is 41.9 Å². The van der Waals surface area contributed by atoms with Crippen LogP contribution in [0.1, 0.15) is 12.3 Å². The van der Waals surface area contributed by atoms with Crippen LogP contribution in [0, 0.1) is 11.6 Å². The van der Waals surface area contributed by atoms with Crippen molar-refractivity contribution in [1.29, 1.82) is 0 Å². The van der Waals surface area contributed by atoms with Crippen LogP contribution in [0.4, 0.5) is 8.78 Å². The Morgan fingerprint density at radius 2 is 2.08 bits per heavy atom. The summed E-state index contributed by atoms with van der Waals surface area (Å²) in [7, 11) is 0. The number of nitrogens with zero attached hydrogens (tertiary/aromatic N) is 1. The molecule has 1 N–H and O–H groups in total. The van der Waals surface area contributed by atoms with Crippen molar-refractivity contribution in [3.8, 4) is 11.3 Å². The lowest BCUT2D eigenvalue weighted by molar-refractivity contribution is -0.124. The maximum absolute atomic E-state index is 13.7. The number of aryl methyl sites for hydroxylation is 1. The lowest BCUT2D eigenvalue weighted by Gasteiger charge is -2.22. The molecule has 1 aliphatic heterocycles. The monoisotopic (exact) mass is 352 g/mol. The topological polar surface area (TPSA) is 73.6 Å². The van der Waals surface area contributed by atoms with Gasteiger partial charge in [-0.2, -0.15) is 0 Å². The number of oxazole rings is 1. The molecule has 0 saturated carbocycles. The normalized spacial score (nSPS) is 17.4. The summed E-state index contributed by atoms with van der Waals surface area (Å²) in [4.78, 5) is 15.8. The van der Waals surface area contributed by atoms with E-state index < -0.39 is 11.6 Å². The second-order valence-electron chi connectivity index (χ2n) is 5.59. The number of ether oxygens (including phenoxy) is 2. The van der Waals surface area contributed by atoms with Gasteiger partial charge < -0.3 is 19.2 Å². The van der Waals surface area contributed by atoms with Crippen molar-refractivity contribution in [2.45, 2.75) is 18.9 Å². The molecule has 25 heavy (non-hydrogen) atoms. The molecule has 0 radical (unpaired) electrons. The number of aromatic nitrogens is 1. The molecule has 0 spiro atoms. The quantitative estimate of drug-likeness (QED) is 0.862. The van der Waals surface area contributed by atoms with Gasteiger partial charge in [0.1, 0.15) is 11.6 Å². The van der Waals surface area contributed by atoms with E-state index >= 15 is 0 Å². The SMILES string of the molecule is O=C(CCc1ncc(-c2c(F)cccc2F)o1)NC[C@@H]1COCCO1. The highest BCUT2D eigenvalue weighted by Crippen LogP contribution is 2.26. The summed E-state index contributed by atoms with van der Waals surface area (Å²) in [5.41, 5.74) is -0.264. The lowest BCUT2D eigenvalue weighted by atomic mass is 10.1. The van der Waals surface area contributed by atoms with Crippen LogP contribution < -0.4 is 5.32 Å². The van der Waals surface area contributed by atoms with Gasteiger partial charge in [-0.1, -0.05) is 6.07 Å². The molecule has 6 nitrogen and oxygen atoms in total. The van der Waals surface area contributed by atoms with Crippen molar-refractivity contribution in [3.63, 3.8) is 0 Å². The molecule has 1 amide bonds. The Bertz CT molecular complexity index is 709. The number of nitrogens with one attached hydrogen (secondary N) is 1. The van der Waals surface area contributed by atoms with Crippen molar-refractivity contribution in [2.24, 2.45) is 0 Å². The highest BCUT2D eigenvalue weighted by Gasteiger charge is 2.17. The number of hydrogen-bond acceptors (Lipinski definition) is 5. The fraction of sp³-hybridized carbons (Fsp3) is 0.412. The summed E-state index contributed by atoms with van der Waals surface area (Å²) in [5.74, 6) is -1.40. The molecule has 0 unspecified atom stereocenters. The van der Waals surface area contributed by atoms with Crippen molar-refractivity contribution >= 4 is 5.91 Å². The molecule has 1 fully saturated rings. The Balaban J connectivity index is 1.50. The van der Waals surface area contributed by atoms with Crippen LogP contribution in [-0.4, -0.2) is 43.4 Å². The number of hydrogen-bond donors (Lipinski definition) is 1. The Morgan fingerprint density at radius 3 is 2.80 bits per heavy atom. The molecule has 1 saturated heterocycles. The first-order valence-electron chi connectivity index (χ1n) is 7.98. The molecule has 1 aromatic carbocycles. The summed E-state index contributed by atoms with van der Waals surface area (Å²) in [5, 5.41) is 2.75. The fourth-order valence-electron chi connectivity index (χ4n) is 2.47. The van der Waals surface area contributed by atoms with Gasteiger partial charge in [0, 0.05) is 19.4 Å². The minimum absolute atomic E-state index is 0.00115. The largest absolute Gasteiger partial charge is 0.441 e. The minimum Gasteiger partial charge on any atom is -0.441 e. The van der Waals surface area contributed by atoms with Gasteiger partial charge in [0.2, 0.25) is 5.91 Å².